The number of fused-ring (bicyclic) bond motifs is 2. The Morgan fingerprint density at radius 1 is 0.679 bits per heavy atom. The number of carbonyl (C=O) groups excluding carboxylic acids is 11. The molecule has 4 rings (SSSR count). The lowest BCUT2D eigenvalue weighted by Crippen LogP contribution is -2.56. The number of unbranched alkanes of at least 4 members (excludes halogenated alkanes) is 2. The second-order valence-corrected chi connectivity index (χ2v) is 18.6. The van der Waals surface area contributed by atoms with Gasteiger partial charge >= 0.3 is 12.1 Å². The number of aromatic nitrogens is 2. The number of hydrogen-bond donors (Lipinski definition) is 9. The maximum Gasteiger partial charge on any atom is 0.542 e. The van der Waals surface area contributed by atoms with Gasteiger partial charge in [-0.05, 0) is 82.6 Å². The fourth-order valence-electron chi connectivity index (χ4n) is 8.05. The smallest absolute Gasteiger partial charge is 0.389 e. The van der Waals surface area contributed by atoms with Crippen molar-refractivity contribution in [1.29, 1.82) is 0 Å². The van der Waals surface area contributed by atoms with Crippen LogP contribution in [0.15, 0.2) is 46.1 Å². The van der Waals surface area contributed by atoms with Gasteiger partial charge in [-0.25, -0.2) is 4.79 Å². The number of hydroxylamine groups is 2. The van der Waals surface area contributed by atoms with Gasteiger partial charge in [0, 0.05) is 97.5 Å². The molecule has 2 aromatic rings. The van der Waals surface area contributed by atoms with E-state index in [1.54, 1.807) is 6.92 Å². The zero-order valence-corrected chi connectivity index (χ0v) is 45.8. The average Bonchev–Trinajstić information content (AvgIpc) is 3.83. The molecule has 4 heterocycles. The summed E-state index contributed by atoms with van der Waals surface area (Å²) in [5.41, 5.74) is -5.19. The number of pyridine rings is 2. The van der Waals surface area contributed by atoms with Gasteiger partial charge in [0.2, 0.25) is 23.6 Å². The molecule has 1 atom stereocenters. The van der Waals surface area contributed by atoms with Crippen LogP contribution in [0.4, 0.5) is 0 Å². The monoisotopic (exact) mass is 1140 g/mol. The number of amides is 10. The van der Waals surface area contributed by atoms with E-state index in [2.05, 4.69) is 43.8 Å². The van der Waals surface area contributed by atoms with E-state index in [1.165, 1.54) is 23.9 Å². The SMILES string of the molecule is C=C(CCCC(=O)ON1C(=O)CCC1=O)NCCCC[C@H]1CNC(=O)c2ccc(C(=O)NCCCN(CCCC)C(=O)CC(=O)NC)c(=O)n2OC(O)(O)On2c(ccc(C(=O)NCCCN(CC)C(=O)CC(=O)NC)c2=O)C(=O)N1. The molecule has 0 radical (unpaired) electrons. The molecule has 0 unspecified atom stereocenters. The lowest BCUT2D eigenvalue weighted by atomic mass is 10.1. The molecule has 0 bridgehead atoms. The Hall–Kier alpha value is -8.67. The summed E-state index contributed by atoms with van der Waals surface area (Å²) in [7, 11) is 2.78. The minimum atomic E-state index is -4.14. The van der Waals surface area contributed by atoms with Crippen LogP contribution in [0.5, 0.6) is 0 Å². The topological polar surface area (TPSA) is 394 Å². The molecule has 10 amide bonds. The van der Waals surface area contributed by atoms with Gasteiger partial charge in [-0.1, -0.05) is 19.9 Å². The normalized spacial score (nSPS) is 14.8. The molecule has 30 nitrogen and oxygen atoms in total. The van der Waals surface area contributed by atoms with Crippen LogP contribution in [-0.2, 0) is 38.4 Å². The molecule has 81 heavy (non-hydrogen) atoms. The summed E-state index contributed by atoms with van der Waals surface area (Å²) in [6.07, 6.45) is -1.80. The first-order valence-corrected chi connectivity index (χ1v) is 26.5. The van der Waals surface area contributed by atoms with Crippen LogP contribution in [0.1, 0.15) is 145 Å². The van der Waals surface area contributed by atoms with Gasteiger partial charge in [-0.2, -0.15) is 0 Å². The number of rotatable bonds is 29. The van der Waals surface area contributed by atoms with Gasteiger partial charge in [0.05, 0.1) is 0 Å². The molecule has 1 saturated heterocycles. The molecule has 2 aliphatic rings. The van der Waals surface area contributed by atoms with Gasteiger partial charge in [-0.3, -0.25) is 67.7 Å². The zero-order chi connectivity index (χ0) is 59.8. The van der Waals surface area contributed by atoms with Gasteiger partial charge < -0.3 is 61.5 Å². The Morgan fingerprint density at radius 3 is 1.72 bits per heavy atom. The minimum absolute atomic E-state index is 0.0213. The molecule has 2 aromatic heterocycles. The van der Waals surface area contributed by atoms with E-state index in [0.29, 0.717) is 49.5 Å². The second kappa shape index (κ2) is 31.8. The summed E-state index contributed by atoms with van der Waals surface area (Å²) in [5, 5.41) is 41.0. The van der Waals surface area contributed by atoms with E-state index >= 15 is 0 Å². The van der Waals surface area contributed by atoms with Crippen LogP contribution in [-0.4, -0.2) is 178 Å². The summed E-state index contributed by atoms with van der Waals surface area (Å²) < 4.78 is 0.0450. The molecule has 9 N–H and O–H groups in total. The van der Waals surface area contributed by atoms with Crippen molar-refractivity contribution in [3.05, 3.63) is 79.8 Å². The summed E-state index contributed by atoms with van der Waals surface area (Å²) >= 11 is 0. The summed E-state index contributed by atoms with van der Waals surface area (Å²) in [5.74, 6) is -8.07. The van der Waals surface area contributed by atoms with Gasteiger partial charge in [0.1, 0.15) is 35.4 Å². The van der Waals surface area contributed by atoms with Crippen LogP contribution < -0.4 is 58.0 Å². The second-order valence-electron chi connectivity index (χ2n) is 18.6. The van der Waals surface area contributed by atoms with E-state index in [4.69, 9.17) is 14.5 Å². The average molecular weight is 1140 g/mol. The third-order valence-electron chi connectivity index (χ3n) is 12.5. The molecule has 0 aromatic carbocycles. The predicted octanol–water partition coefficient (Wildman–Crippen LogP) is -2.95. The van der Waals surface area contributed by atoms with E-state index < -0.39 is 117 Å². The molecule has 444 valence electrons. The van der Waals surface area contributed by atoms with Crippen LogP contribution in [0, 0.1) is 0 Å². The first kappa shape index (κ1) is 64.9. The van der Waals surface area contributed by atoms with Crippen molar-refractivity contribution < 1.29 is 77.5 Å². The lowest BCUT2D eigenvalue weighted by Gasteiger charge is -2.25. The van der Waals surface area contributed by atoms with Gasteiger partial charge in [0.15, 0.2) is 0 Å². The van der Waals surface area contributed by atoms with E-state index in [-0.39, 0.29) is 100 Å². The predicted molar refractivity (Wildman–Crippen MR) is 282 cm³/mol. The molecule has 1 fully saturated rings. The summed E-state index contributed by atoms with van der Waals surface area (Å²) in [4.78, 5) is 186. The van der Waals surface area contributed by atoms with Crippen molar-refractivity contribution in [3.8, 4) is 0 Å². The van der Waals surface area contributed by atoms with Crippen molar-refractivity contribution in [2.24, 2.45) is 0 Å². The van der Waals surface area contributed by atoms with Crippen molar-refractivity contribution in [3.63, 3.8) is 0 Å². The number of nitrogens with zero attached hydrogens (tertiary/aromatic N) is 5. The fourth-order valence-corrected chi connectivity index (χ4v) is 8.05. The van der Waals surface area contributed by atoms with Crippen molar-refractivity contribution >= 4 is 65.0 Å². The fraction of sp³-hybridized carbons (Fsp3) is 0.549. The highest BCUT2D eigenvalue weighted by molar-refractivity contribution is 6.02. The van der Waals surface area contributed by atoms with Crippen molar-refractivity contribution in [2.75, 3.05) is 66.5 Å². The molecule has 0 spiro atoms. The van der Waals surface area contributed by atoms with Crippen LogP contribution >= 0.6 is 0 Å². The van der Waals surface area contributed by atoms with Crippen molar-refractivity contribution in [1.82, 2.24) is 61.5 Å². The zero-order valence-electron chi connectivity index (χ0n) is 45.8. The third kappa shape index (κ3) is 19.9. The van der Waals surface area contributed by atoms with Gasteiger partial charge in [-0.15, -0.1) is 14.5 Å². The Morgan fingerprint density at radius 2 is 1.19 bits per heavy atom. The highest BCUT2D eigenvalue weighted by Gasteiger charge is 2.38. The number of nitrogens with one attached hydrogen (secondary N) is 7. The Bertz CT molecular complexity index is 2780. The minimum Gasteiger partial charge on any atom is -0.389 e. The van der Waals surface area contributed by atoms with Crippen LogP contribution in [0.2, 0.25) is 0 Å². The summed E-state index contributed by atoms with van der Waals surface area (Å²) in [6, 6.07) is 2.84. The molecular formula is C51H72N12O18. The number of imide groups is 1. The van der Waals surface area contributed by atoms with E-state index in [1.807, 2.05) is 6.92 Å². The molecule has 30 heteroatoms. The quantitative estimate of drug-likeness (QED) is 0.0170. The number of aliphatic hydroxyl groups is 2. The van der Waals surface area contributed by atoms with Crippen LogP contribution in [0.3, 0.4) is 0 Å². The van der Waals surface area contributed by atoms with E-state index in [0.717, 1.165) is 30.7 Å². The van der Waals surface area contributed by atoms with Crippen LogP contribution in [0.25, 0.3) is 0 Å². The lowest BCUT2D eigenvalue weighted by molar-refractivity contribution is -0.466. The maximum atomic E-state index is 14.1. The number of allylic oxidation sites excluding steroid dienone is 1. The third-order valence-corrected chi connectivity index (χ3v) is 12.5. The number of carbonyl (C=O) groups is 11. The highest BCUT2D eigenvalue weighted by atomic mass is 17.0. The number of hydrogen-bond acceptors (Lipinski definition) is 19. The Balaban J connectivity index is 1.56. The Kier molecular flexibility index (Phi) is 25.5. The first-order chi connectivity index (χ1) is 38.5. The van der Waals surface area contributed by atoms with Crippen molar-refractivity contribution in [2.45, 2.75) is 116 Å². The first-order valence-electron chi connectivity index (χ1n) is 26.5. The molecule has 2 aliphatic heterocycles. The van der Waals surface area contributed by atoms with Gasteiger partial charge in [0.25, 0.3) is 46.6 Å². The van der Waals surface area contributed by atoms with E-state index in [9.17, 15) is 72.5 Å². The standard InChI is InChI=1S/C51H72N12O18/c1-6-8-26-60(43(69)30-39(65)53-5)28-13-25-56-45(71)34-17-19-36-47(73)57-31-33(15-9-10-23-54-32(3)14-11-16-44(70)79-63-40(66)21-22-41(63)67)58-48(74)37-20-18-35(50(76)62(37)81-51(77,78)80-61(36)49(34)75)46(72)55-24-12-27-59(7-2)42(68)29-38(64)52-4/h17-20,33,54,77-78H,3,6-16,21-31H2,1-2,4-5H3,(H,52,64)(H,53,65)(H,55,72)(H,56,71)(H,57,73)(H,58,74)/t33-/m0/s1. The molecule has 0 aliphatic carbocycles. The highest BCUT2D eigenvalue weighted by Crippen LogP contribution is 2.15. The molecular weight excluding hydrogens is 1070 g/mol. The maximum absolute atomic E-state index is 14.1. The summed E-state index contributed by atoms with van der Waals surface area (Å²) in [6.45, 7) is 8.18. The Labute approximate surface area is 465 Å². The largest absolute Gasteiger partial charge is 0.542 e. The molecule has 0 saturated carbocycles.